The van der Waals surface area contributed by atoms with E-state index in [1.165, 1.54) is 10.9 Å². The number of nitrogens with zero attached hydrogens (tertiary/aromatic N) is 1. The molecule has 0 fully saturated rings. The second-order valence-electron chi connectivity index (χ2n) is 5.38. The van der Waals surface area contributed by atoms with Crippen molar-refractivity contribution >= 4 is 16.1 Å². The molecule has 2 atom stereocenters. The van der Waals surface area contributed by atoms with Gasteiger partial charge >= 0.3 is 0 Å². The standard InChI is InChI=1S/C12H22BNSi/c1-14(13)9-10-7-5-6-8-11(10)12(14)15(2,3)4/h5-8,12H,9H2,1-4,13H3/t12-,14-/m1/s1. The minimum absolute atomic E-state index is 0.352. The Kier molecular flexibility index (Phi) is 2.36. The lowest BCUT2D eigenvalue weighted by Crippen LogP contribution is -2.50. The molecular weight excluding hydrogens is 197 g/mol. The van der Waals surface area contributed by atoms with E-state index in [9.17, 15) is 0 Å². The van der Waals surface area contributed by atoms with E-state index in [2.05, 4.69) is 51.0 Å². The Hall–Kier alpha value is -0.538. The van der Waals surface area contributed by atoms with Gasteiger partial charge in [0, 0.05) is 18.2 Å². The molecule has 0 spiro atoms. The molecular formula is C12H22BNSi. The number of benzene rings is 1. The molecule has 0 saturated carbocycles. The maximum Gasteiger partial charge on any atom is 0.169 e. The van der Waals surface area contributed by atoms with Gasteiger partial charge in [0.05, 0.1) is 12.2 Å². The highest BCUT2D eigenvalue weighted by atomic mass is 28.3. The first-order chi connectivity index (χ1) is 6.82. The van der Waals surface area contributed by atoms with Crippen LogP contribution in [0.25, 0.3) is 0 Å². The summed E-state index contributed by atoms with van der Waals surface area (Å²) in [5, 5.41) is 0. The lowest BCUT2D eigenvalue weighted by atomic mass is 10.1. The van der Waals surface area contributed by atoms with E-state index in [0.717, 1.165) is 5.67 Å². The van der Waals surface area contributed by atoms with E-state index in [-0.39, 0.29) is 0 Å². The van der Waals surface area contributed by atoms with Gasteiger partial charge in [-0.1, -0.05) is 43.9 Å². The molecule has 0 bridgehead atoms. The van der Waals surface area contributed by atoms with Crippen molar-refractivity contribution in [2.24, 2.45) is 0 Å². The number of fused-ring (bicyclic) bond motifs is 1. The molecule has 0 amide bonds. The summed E-state index contributed by atoms with van der Waals surface area (Å²) >= 11 is 0. The van der Waals surface area contributed by atoms with E-state index >= 15 is 0 Å². The van der Waals surface area contributed by atoms with Crippen molar-refractivity contribution in [3.63, 3.8) is 0 Å². The quantitative estimate of drug-likeness (QED) is 0.632. The molecule has 0 aromatic heterocycles. The zero-order valence-corrected chi connectivity index (χ0v) is 10.5. The third-order valence-electron chi connectivity index (χ3n) is 3.03. The summed E-state index contributed by atoms with van der Waals surface area (Å²) in [5.74, 6) is 0. The van der Waals surface area contributed by atoms with Gasteiger partial charge in [0.15, 0.2) is 7.98 Å². The molecule has 0 aliphatic carbocycles. The third-order valence-corrected chi connectivity index (χ3v) is 5.42. The SMILES string of the molecule is [BH3-][N@+]1(C)Cc2ccccc2[C@H]1[Si](C)(C)C. The van der Waals surface area contributed by atoms with Crippen LogP contribution in [0.1, 0.15) is 16.8 Å². The molecule has 0 radical (unpaired) electrons. The fourth-order valence-corrected chi connectivity index (χ4v) is 5.30. The molecule has 0 N–H and O–H groups in total. The van der Waals surface area contributed by atoms with Crippen LogP contribution in [-0.2, 0) is 6.54 Å². The summed E-state index contributed by atoms with van der Waals surface area (Å²) < 4.78 is 1.40. The number of hydrogen-bond acceptors (Lipinski definition) is 0. The average molecular weight is 219 g/mol. The first-order valence-electron chi connectivity index (χ1n) is 5.28. The third kappa shape index (κ3) is 1.79. The molecule has 3 heteroatoms. The van der Waals surface area contributed by atoms with Crippen molar-refractivity contribution in [1.29, 1.82) is 0 Å². The van der Waals surface area contributed by atoms with Gasteiger partial charge in [0.25, 0.3) is 0 Å². The zero-order valence-electron chi connectivity index (χ0n) is 9.54. The maximum absolute atomic E-state index is 2.53. The Balaban J connectivity index is 2.53. The summed E-state index contributed by atoms with van der Waals surface area (Å²) in [6.45, 7) is 8.89. The number of rotatable bonds is 1. The van der Waals surface area contributed by atoms with Gasteiger partial charge in [0.2, 0.25) is 0 Å². The molecule has 15 heavy (non-hydrogen) atoms. The Bertz CT molecular complexity index is 381. The molecule has 82 valence electrons. The lowest BCUT2D eigenvalue weighted by Gasteiger charge is -2.46. The highest BCUT2D eigenvalue weighted by Gasteiger charge is 2.42. The van der Waals surface area contributed by atoms with Crippen molar-refractivity contribution < 1.29 is 4.39 Å². The second kappa shape index (κ2) is 3.22. The van der Waals surface area contributed by atoms with Gasteiger partial charge in [-0.05, 0) is 0 Å². The predicted molar refractivity (Wildman–Crippen MR) is 72.4 cm³/mol. The van der Waals surface area contributed by atoms with Crippen LogP contribution in [0.3, 0.4) is 0 Å². The Morgan fingerprint density at radius 3 is 2.47 bits per heavy atom. The monoisotopic (exact) mass is 219 g/mol. The minimum Gasteiger partial charge on any atom is -0.518 e. The molecule has 1 aliphatic heterocycles. The van der Waals surface area contributed by atoms with Crippen LogP contribution < -0.4 is 0 Å². The summed E-state index contributed by atoms with van der Waals surface area (Å²) in [6.07, 6.45) is 0. The molecule has 1 heterocycles. The van der Waals surface area contributed by atoms with Crippen LogP contribution in [0.4, 0.5) is 0 Å². The minimum atomic E-state index is -1.08. The van der Waals surface area contributed by atoms with Crippen molar-refractivity contribution in [2.45, 2.75) is 31.9 Å². The topological polar surface area (TPSA) is 0 Å². The highest BCUT2D eigenvalue weighted by molar-refractivity contribution is 6.77. The molecule has 1 aromatic rings. The first kappa shape index (κ1) is 11.0. The summed E-state index contributed by atoms with van der Waals surface area (Å²) in [5.41, 5.74) is 4.17. The van der Waals surface area contributed by atoms with Crippen molar-refractivity contribution in [3.05, 3.63) is 35.4 Å². The van der Waals surface area contributed by atoms with E-state index < -0.39 is 8.07 Å². The molecule has 1 nitrogen and oxygen atoms in total. The van der Waals surface area contributed by atoms with Gasteiger partial charge in [0.1, 0.15) is 8.07 Å². The van der Waals surface area contributed by atoms with E-state index in [1.807, 2.05) is 0 Å². The average Bonchev–Trinajstić information content (AvgIpc) is 2.32. The summed E-state index contributed by atoms with van der Waals surface area (Å²) in [7, 11) is 1.76. The highest BCUT2D eigenvalue weighted by Crippen LogP contribution is 2.42. The van der Waals surface area contributed by atoms with Crippen molar-refractivity contribution in [2.75, 3.05) is 7.05 Å². The predicted octanol–water partition coefficient (Wildman–Crippen LogP) is 1.85. The Labute approximate surface area is 95.1 Å². The molecule has 2 rings (SSSR count). The fraction of sp³-hybridized carbons (Fsp3) is 0.500. The van der Waals surface area contributed by atoms with Crippen LogP contribution in [0.15, 0.2) is 24.3 Å². The van der Waals surface area contributed by atoms with Crippen LogP contribution >= 0.6 is 0 Å². The molecule has 1 aliphatic rings. The van der Waals surface area contributed by atoms with E-state index in [1.54, 1.807) is 11.1 Å². The smallest absolute Gasteiger partial charge is 0.169 e. The Morgan fingerprint density at radius 1 is 1.27 bits per heavy atom. The van der Waals surface area contributed by atoms with Gasteiger partial charge < -0.3 is 4.39 Å². The maximum atomic E-state index is 2.53. The number of hydrogen-bond donors (Lipinski definition) is 0. The van der Waals surface area contributed by atoms with Gasteiger partial charge in [-0.2, -0.15) is 0 Å². The van der Waals surface area contributed by atoms with Crippen LogP contribution in [0, 0.1) is 0 Å². The van der Waals surface area contributed by atoms with E-state index in [4.69, 9.17) is 0 Å². The fourth-order valence-electron chi connectivity index (χ4n) is 2.67. The summed E-state index contributed by atoms with van der Waals surface area (Å²) in [6, 6.07) is 9.14. The largest absolute Gasteiger partial charge is 0.518 e. The lowest BCUT2D eigenvalue weighted by molar-refractivity contribution is -0.822. The van der Waals surface area contributed by atoms with Crippen LogP contribution in [0.2, 0.25) is 19.6 Å². The second-order valence-corrected chi connectivity index (χ2v) is 10.7. The van der Waals surface area contributed by atoms with Gasteiger partial charge in [-0.25, -0.2) is 0 Å². The van der Waals surface area contributed by atoms with E-state index in [0.29, 0.717) is 7.98 Å². The Morgan fingerprint density at radius 2 is 1.87 bits per heavy atom. The molecule has 1 aromatic carbocycles. The van der Waals surface area contributed by atoms with Crippen LogP contribution in [-0.4, -0.2) is 27.5 Å². The van der Waals surface area contributed by atoms with Gasteiger partial charge in [-0.15, -0.1) is 0 Å². The van der Waals surface area contributed by atoms with Crippen molar-refractivity contribution in [1.82, 2.24) is 0 Å². The van der Waals surface area contributed by atoms with Crippen LogP contribution in [0.5, 0.6) is 0 Å². The normalized spacial score (nSPS) is 30.3. The molecule has 0 saturated heterocycles. The van der Waals surface area contributed by atoms with Gasteiger partial charge in [-0.3, -0.25) is 0 Å². The summed E-state index contributed by atoms with van der Waals surface area (Å²) in [4.78, 5) is 0. The number of quaternary nitrogens is 1. The van der Waals surface area contributed by atoms with Crippen molar-refractivity contribution in [3.8, 4) is 0 Å². The zero-order chi connectivity index (χ0) is 11.3. The molecule has 0 unspecified atom stereocenters. The first-order valence-corrected chi connectivity index (χ1v) is 8.86.